The van der Waals surface area contributed by atoms with Crippen LogP contribution in [-0.4, -0.2) is 21.1 Å². The van der Waals surface area contributed by atoms with Gasteiger partial charge < -0.3 is 4.74 Å². The minimum Gasteiger partial charge on any atom is -0.493 e. The molecule has 0 radical (unpaired) electrons. The van der Waals surface area contributed by atoms with Crippen LogP contribution in [0.5, 0.6) is 5.75 Å². The second-order valence-corrected chi connectivity index (χ2v) is 6.74. The maximum Gasteiger partial charge on any atom is 0.270 e. The number of hydrogen-bond acceptors (Lipinski definition) is 5. The van der Waals surface area contributed by atoms with E-state index in [4.69, 9.17) is 4.74 Å². The molecule has 0 aliphatic carbocycles. The van der Waals surface area contributed by atoms with Crippen LogP contribution in [0.15, 0.2) is 41.2 Å². The maximum absolute atomic E-state index is 12.8. The highest BCUT2D eigenvalue weighted by atomic mass is 16.6. The van der Waals surface area contributed by atoms with Crippen LogP contribution >= 0.6 is 0 Å². The number of aromatic nitrogens is 2. The van der Waals surface area contributed by atoms with Crippen molar-refractivity contribution in [2.75, 3.05) is 6.61 Å². The van der Waals surface area contributed by atoms with Crippen LogP contribution in [0.3, 0.4) is 0 Å². The summed E-state index contributed by atoms with van der Waals surface area (Å²) in [6.45, 7) is 1.24. The van der Waals surface area contributed by atoms with Gasteiger partial charge in [-0.05, 0) is 47.4 Å². The molecule has 0 saturated heterocycles. The molecule has 27 heavy (non-hydrogen) atoms. The van der Waals surface area contributed by atoms with Crippen LogP contribution in [0.4, 0.5) is 5.69 Å². The molecule has 0 N–H and O–H groups in total. The van der Waals surface area contributed by atoms with E-state index < -0.39 is 4.92 Å². The van der Waals surface area contributed by atoms with E-state index >= 15 is 0 Å². The Morgan fingerprint density at radius 3 is 2.93 bits per heavy atom. The Labute approximate surface area is 153 Å². The van der Waals surface area contributed by atoms with Gasteiger partial charge in [0.1, 0.15) is 11.6 Å². The first-order chi connectivity index (χ1) is 13.1. The molecule has 0 amide bonds. The van der Waals surface area contributed by atoms with E-state index in [0.29, 0.717) is 30.9 Å². The van der Waals surface area contributed by atoms with E-state index in [0.717, 1.165) is 23.3 Å². The largest absolute Gasteiger partial charge is 0.493 e. The van der Waals surface area contributed by atoms with Crippen LogP contribution in [0.1, 0.15) is 23.4 Å². The lowest BCUT2D eigenvalue weighted by Crippen LogP contribution is -2.20. The second kappa shape index (κ2) is 5.77. The highest BCUT2D eigenvalue weighted by Crippen LogP contribution is 2.31. The Kier molecular flexibility index (Phi) is 3.36. The highest BCUT2D eigenvalue weighted by molar-refractivity contribution is 5.85. The first-order valence-corrected chi connectivity index (χ1v) is 8.76. The van der Waals surface area contributed by atoms with E-state index in [1.54, 1.807) is 10.6 Å². The summed E-state index contributed by atoms with van der Waals surface area (Å²) in [6.07, 6.45) is 3.67. The Morgan fingerprint density at radius 2 is 2.07 bits per heavy atom. The lowest BCUT2D eigenvalue weighted by Gasteiger charge is -2.06. The molecule has 0 bridgehead atoms. The minimum absolute atomic E-state index is 0.101. The molecule has 2 aliphatic heterocycles. The molecule has 2 aromatic carbocycles. The third-order valence-electron chi connectivity index (χ3n) is 5.09. The number of nitrogens with zero attached hydrogens (tertiary/aromatic N) is 3. The van der Waals surface area contributed by atoms with Gasteiger partial charge in [0.15, 0.2) is 0 Å². The van der Waals surface area contributed by atoms with Crippen LogP contribution < -0.4 is 10.3 Å². The average Bonchev–Trinajstić information content (AvgIpc) is 3.28. The topological polar surface area (TPSA) is 87.3 Å². The third kappa shape index (κ3) is 2.51. The lowest BCUT2D eigenvalue weighted by molar-refractivity contribution is -0.384. The van der Waals surface area contributed by atoms with Gasteiger partial charge in [0.05, 0.1) is 22.4 Å². The van der Waals surface area contributed by atoms with E-state index in [1.165, 1.54) is 17.7 Å². The molecule has 7 nitrogen and oxygen atoms in total. The molecule has 0 fully saturated rings. The van der Waals surface area contributed by atoms with E-state index in [9.17, 15) is 14.9 Å². The molecule has 5 rings (SSSR count). The van der Waals surface area contributed by atoms with Crippen molar-refractivity contribution >= 4 is 28.2 Å². The maximum atomic E-state index is 12.8. The van der Waals surface area contributed by atoms with Gasteiger partial charge in [-0.1, -0.05) is 6.07 Å². The SMILES string of the molecule is O=c1c2cc([N+](=O)[O-])ccc2nc2n1CC/C2=C/c1ccc2c(c1)CCO2. The van der Waals surface area contributed by atoms with Crippen LogP contribution in [0.25, 0.3) is 22.6 Å². The monoisotopic (exact) mass is 361 g/mol. The normalized spacial score (nSPS) is 16.4. The zero-order chi connectivity index (χ0) is 18.5. The van der Waals surface area contributed by atoms with Crippen molar-refractivity contribution in [2.24, 2.45) is 0 Å². The van der Waals surface area contributed by atoms with Gasteiger partial charge >= 0.3 is 0 Å². The summed E-state index contributed by atoms with van der Waals surface area (Å²) in [5.41, 5.74) is 3.39. The first kappa shape index (κ1) is 15.7. The number of ether oxygens (including phenoxy) is 1. The summed E-state index contributed by atoms with van der Waals surface area (Å²) < 4.78 is 7.15. The fraction of sp³-hybridized carbons (Fsp3) is 0.200. The number of rotatable bonds is 2. The molecular formula is C20H15N3O4. The zero-order valence-corrected chi connectivity index (χ0v) is 14.3. The minimum atomic E-state index is -0.500. The summed E-state index contributed by atoms with van der Waals surface area (Å²) in [7, 11) is 0. The Bertz CT molecular complexity index is 1210. The number of non-ortho nitro benzene ring substituents is 1. The molecule has 3 aromatic rings. The van der Waals surface area contributed by atoms with Gasteiger partial charge in [-0.15, -0.1) is 0 Å². The molecule has 3 heterocycles. The van der Waals surface area contributed by atoms with Crippen molar-refractivity contribution in [3.05, 3.63) is 73.8 Å². The summed E-state index contributed by atoms with van der Waals surface area (Å²) in [4.78, 5) is 27.9. The number of allylic oxidation sites excluding steroid dienone is 1. The fourth-order valence-electron chi connectivity index (χ4n) is 3.75. The summed E-state index contributed by atoms with van der Waals surface area (Å²) in [5.74, 6) is 1.57. The number of nitro benzene ring substituents is 1. The third-order valence-corrected chi connectivity index (χ3v) is 5.09. The Morgan fingerprint density at radius 1 is 1.19 bits per heavy atom. The van der Waals surface area contributed by atoms with Crippen molar-refractivity contribution in [3.63, 3.8) is 0 Å². The number of fused-ring (bicyclic) bond motifs is 3. The van der Waals surface area contributed by atoms with E-state index in [1.807, 2.05) is 12.1 Å². The molecule has 7 heteroatoms. The van der Waals surface area contributed by atoms with Crippen molar-refractivity contribution in [3.8, 4) is 5.75 Å². The fourth-order valence-corrected chi connectivity index (χ4v) is 3.75. The lowest BCUT2D eigenvalue weighted by atomic mass is 10.1. The molecule has 1 aromatic heterocycles. The van der Waals surface area contributed by atoms with Gasteiger partial charge in [0, 0.05) is 25.1 Å². The number of hydrogen-bond donors (Lipinski definition) is 0. The molecule has 0 unspecified atom stereocenters. The zero-order valence-electron chi connectivity index (χ0n) is 14.3. The predicted octanol–water partition coefficient (Wildman–Crippen LogP) is 3.18. The summed E-state index contributed by atoms with van der Waals surface area (Å²) in [5, 5.41) is 11.3. The van der Waals surface area contributed by atoms with Gasteiger partial charge in [-0.2, -0.15) is 0 Å². The molecule has 134 valence electrons. The summed E-state index contributed by atoms with van der Waals surface area (Å²) in [6, 6.07) is 10.3. The quantitative estimate of drug-likeness (QED) is 0.517. The van der Waals surface area contributed by atoms with Gasteiger partial charge in [-0.3, -0.25) is 19.5 Å². The van der Waals surface area contributed by atoms with Gasteiger partial charge in [0.2, 0.25) is 0 Å². The second-order valence-electron chi connectivity index (χ2n) is 6.74. The van der Waals surface area contributed by atoms with Crippen molar-refractivity contribution in [1.29, 1.82) is 0 Å². The van der Waals surface area contributed by atoms with Gasteiger partial charge in [0.25, 0.3) is 11.2 Å². The van der Waals surface area contributed by atoms with Crippen molar-refractivity contribution in [1.82, 2.24) is 9.55 Å². The molecule has 0 saturated carbocycles. The van der Waals surface area contributed by atoms with Crippen molar-refractivity contribution < 1.29 is 9.66 Å². The van der Waals surface area contributed by atoms with Crippen LogP contribution in [0, 0.1) is 10.1 Å². The van der Waals surface area contributed by atoms with E-state index in [-0.39, 0.29) is 16.6 Å². The van der Waals surface area contributed by atoms with Crippen LogP contribution in [-0.2, 0) is 13.0 Å². The van der Waals surface area contributed by atoms with E-state index in [2.05, 4.69) is 17.1 Å². The van der Waals surface area contributed by atoms with Crippen LogP contribution in [0.2, 0.25) is 0 Å². The predicted molar refractivity (Wildman–Crippen MR) is 101 cm³/mol. The highest BCUT2D eigenvalue weighted by Gasteiger charge is 2.22. The molecule has 0 atom stereocenters. The number of nitro groups is 1. The average molecular weight is 361 g/mol. The smallest absolute Gasteiger partial charge is 0.270 e. The standard InChI is InChI=1S/C20H15N3O4/c24-20-16-11-15(23(25)26)2-3-17(16)21-19-14(5-7-22(19)20)10-12-1-4-18-13(9-12)6-8-27-18/h1-4,9-11H,5-8H2/b14-10-. The van der Waals surface area contributed by atoms with Gasteiger partial charge in [-0.25, -0.2) is 4.98 Å². The molecular weight excluding hydrogens is 346 g/mol. The Balaban J connectivity index is 1.62. The Hall–Kier alpha value is -3.48. The number of benzene rings is 2. The summed E-state index contributed by atoms with van der Waals surface area (Å²) >= 11 is 0. The molecule has 2 aliphatic rings. The molecule has 0 spiro atoms. The first-order valence-electron chi connectivity index (χ1n) is 8.76. The van der Waals surface area contributed by atoms with Crippen molar-refractivity contribution in [2.45, 2.75) is 19.4 Å².